The predicted octanol–water partition coefficient (Wildman–Crippen LogP) is 3.19. The lowest BCUT2D eigenvalue weighted by atomic mass is 10.1. The Balaban J connectivity index is 1.81. The maximum absolute atomic E-state index is 11.8. The monoisotopic (exact) mass is 477 g/mol. The fourth-order valence-corrected chi connectivity index (χ4v) is 3.50. The zero-order valence-electron chi connectivity index (χ0n) is 18.7. The second-order valence-corrected chi connectivity index (χ2v) is 9.29. The van der Waals surface area contributed by atoms with E-state index in [1.54, 1.807) is 32.0 Å². The molecule has 1 saturated heterocycles. The van der Waals surface area contributed by atoms with Crippen LogP contribution in [0.4, 0.5) is 5.69 Å². The second kappa shape index (κ2) is 11.1. The molecule has 2 aromatic rings. The van der Waals surface area contributed by atoms with Gasteiger partial charge in [0.15, 0.2) is 14.9 Å². The van der Waals surface area contributed by atoms with Gasteiger partial charge >= 0.3 is 5.97 Å². The minimum absolute atomic E-state index is 0.0345. The molecule has 11 heteroatoms. The Bertz CT molecular complexity index is 1100. The first-order chi connectivity index (χ1) is 15.8. The van der Waals surface area contributed by atoms with Crippen LogP contribution in [0.25, 0.3) is 0 Å². The molecule has 2 heterocycles. The van der Waals surface area contributed by atoms with Crippen LogP contribution >= 0.6 is 0 Å². The molecule has 1 N–H and O–H groups in total. The van der Waals surface area contributed by atoms with Crippen molar-refractivity contribution < 1.29 is 32.2 Å². The van der Waals surface area contributed by atoms with Crippen LogP contribution in [-0.2, 0) is 24.1 Å². The molecule has 3 rings (SSSR count). The molecule has 1 aliphatic rings. The number of anilines is 1. The van der Waals surface area contributed by atoms with E-state index in [9.17, 15) is 13.2 Å². The molecular weight excluding hydrogens is 450 g/mol. The number of nitrogens with zero attached hydrogens (tertiary/aromatic N) is 2. The summed E-state index contributed by atoms with van der Waals surface area (Å²) in [6.07, 6.45) is 3.88. The normalized spacial score (nSPS) is 15.1. The number of rotatable bonds is 9. The number of sulfone groups is 1. The summed E-state index contributed by atoms with van der Waals surface area (Å²) in [6, 6.07) is 8.01. The Labute approximate surface area is 192 Å². The molecule has 178 valence electrons. The van der Waals surface area contributed by atoms with E-state index in [-0.39, 0.29) is 23.4 Å². The topological polar surface area (TPSA) is 125 Å². The average Bonchev–Trinajstić information content (AvgIpc) is 2.79. The number of pyridine rings is 1. The fraction of sp³-hybridized carbons (Fsp3) is 0.409. The quantitative estimate of drug-likeness (QED) is 0.329. The lowest BCUT2D eigenvalue weighted by molar-refractivity contribution is -0.135. The molecule has 1 aromatic carbocycles. The van der Waals surface area contributed by atoms with E-state index < -0.39 is 15.8 Å². The van der Waals surface area contributed by atoms with Crippen LogP contribution in [0.2, 0.25) is 0 Å². The molecule has 0 unspecified atom stereocenters. The number of hydrogen-bond donors (Lipinski definition) is 1. The number of carbonyl (C=O) groups is 1. The van der Waals surface area contributed by atoms with Gasteiger partial charge in [-0.2, -0.15) is 5.10 Å². The first kappa shape index (κ1) is 24.5. The summed E-state index contributed by atoms with van der Waals surface area (Å²) in [4.78, 5) is 15.7. The van der Waals surface area contributed by atoms with Crippen molar-refractivity contribution in [3.8, 4) is 17.2 Å². The molecule has 0 amide bonds. The Morgan fingerprint density at radius 3 is 2.58 bits per heavy atom. The fourth-order valence-electron chi connectivity index (χ4n) is 2.94. The Hall–Kier alpha value is -3.18. The van der Waals surface area contributed by atoms with E-state index in [1.807, 2.05) is 0 Å². The SMILES string of the molecule is CCOC(=O)/C(C)=N\Nc1ccc(Oc2ccc(S(C)(=O)=O)nc2)cc1OC1CCOCC1. The van der Waals surface area contributed by atoms with Gasteiger partial charge in [-0.1, -0.05) is 0 Å². The van der Waals surface area contributed by atoms with Gasteiger partial charge in [-0.25, -0.2) is 18.2 Å². The van der Waals surface area contributed by atoms with Crippen LogP contribution in [0, 0.1) is 0 Å². The highest BCUT2D eigenvalue weighted by Gasteiger charge is 2.18. The molecule has 0 radical (unpaired) electrons. The standard InChI is InChI=1S/C22H27N3O7S/c1-4-30-22(26)15(2)24-25-19-7-5-17(13-20(19)32-16-9-11-29-12-10-16)31-18-6-8-21(23-14-18)33(3,27)28/h5-8,13-14,16,25H,4,9-12H2,1-3H3/b24-15-. The largest absolute Gasteiger partial charge is 0.488 e. The summed E-state index contributed by atoms with van der Waals surface area (Å²) in [6.45, 7) is 4.76. The number of hydrogen-bond acceptors (Lipinski definition) is 10. The molecule has 1 aromatic heterocycles. The van der Waals surface area contributed by atoms with E-state index in [4.69, 9.17) is 18.9 Å². The van der Waals surface area contributed by atoms with E-state index in [2.05, 4.69) is 15.5 Å². The van der Waals surface area contributed by atoms with Gasteiger partial charge < -0.3 is 18.9 Å². The molecule has 0 aliphatic carbocycles. The molecular formula is C22H27N3O7S. The molecule has 1 fully saturated rings. The van der Waals surface area contributed by atoms with Gasteiger partial charge in [-0.3, -0.25) is 5.43 Å². The van der Waals surface area contributed by atoms with Crippen molar-refractivity contribution in [2.24, 2.45) is 5.10 Å². The lowest BCUT2D eigenvalue weighted by Crippen LogP contribution is -2.26. The van der Waals surface area contributed by atoms with Crippen LogP contribution in [-0.4, -0.2) is 57.3 Å². The molecule has 0 spiro atoms. The minimum atomic E-state index is -3.40. The van der Waals surface area contributed by atoms with E-state index >= 15 is 0 Å². The third-order valence-electron chi connectivity index (χ3n) is 4.65. The minimum Gasteiger partial charge on any atom is -0.488 e. The molecule has 0 atom stereocenters. The van der Waals surface area contributed by atoms with Gasteiger partial charge in [0.1, 0.15) is 29.1 Å². The van der Waals surface area contributed by atoms with Crippen molar-refractivity contribution >= 4 is 27.2 Å². The Kier molecular flexibility index (Phi) is 8.23. The van der Waals surface area contributed by atoms with Crippen molar-refractivity contribution in [3.63, 3.8) is 0 Å². The van der Waals surface area contributed by atoms with E-state index in [1.165, 1.54) is 18.3 Å². The third kappa shape index (κ3) is 7.16. The number of carbonyl (C=O) groups excluding carboxylic acids is 1. The van der Waals surface area contributed by atoms with Crippen molar-refractivity contribution in [1.82, 2.24) is 4.98 Å². The smallest absolute Gasteiger partial charge is 0.354 e. The lowest BCUT2D eigenvalue weighted by Gasteiger charge is -2.24. The number of ether oxygens (including phenoxy) is 4. The molecule has 33 heavy (non-hydrogen) atoms. The number of hydrazone groups is 1. The summed E-state index contributed by atoms with van der Waals surface area (Å²) < 4.78 is 45.5. The summed E-state index contributed by atoms with van der Waals surface area (Å²) in [5, 5.41) is 4.06. The van der Waals surface area contributed by atoms with Crippen LogP contribution in [0.3, 0.4) is 0 Å². The summed E-state index contributed by atoms with van der Waals surface area (Å²) in [7, 11) is -3.40. The third-order valence-corrected chi connectivity index (χ3v) is 5.66. The zero-order valence-corrected chi connectivity index (χ0v) is 19.6. The van der Waals surface area contributed by atoms with E-state index in [0.29, 0.717) is 36.1 Å². The highest BCUT2D eigenvalue weighted by molar-refractivity contribution is 7.90. The first-order valence-electron chi connectivity index (χ1n) is 10.5. The second-order valence-electron chi connectivity index (χ2n) is 7.32. The van der Waals surface area contributed by atoms with Crippen LogP contribution < -0.4 is 14.9 Å². The highest BCUT2D eigenvalue weighted by Crippen LogP contribution is 2.33. The Morgan fingerprint density at radius 1 is 1.21 bits per heavy atom. The van der Waals surface area contributed by atoms with Crippen molar-refractivity contribution in [3.05, 3.63) is 36.5 Å². The van der Waals surface area contributed by atoms with Crippen LogP contribution in [0.5, 0.6) is 17.2 Å². The Morgan fingerprint density at radius 2 is 1.94 bits per heavy atom. The molecule has 1 aliphatic heterocycles. The van der Waals surface area contributed by atoms with Crippen molar-refractivity contribution in [1.29, 1.82) is 0 Å². The number of aromatic nitrogens is 1. The van der Waals surface area contributed by atoms with Crippen molar-refractivity contribution in [2.75, 3.05) is 31.5 Å². The van der Waals surface area contributed by atoms with Gasteiger partial charge in [0.25, 0.3) is 0 Å². The summed E-state index contributed by atoms with van der Waals surface area (Å²) in [5.41, 5.74) is 3.57. The molecule has 0 saturated carbocycles. The number of esters is 1. The number of nitrogens with one attached hydrogen (secondary N) is 1. The predicted molar refractivity (Wildman–Crippen MR) is 122 cm³/mol. The van der Waals surface area contributed by atoms with Gasteiger partial charge in [-0.15, -0.1) is 0 Å². The maximum atomic E-state index is 11.8. The maximum Gasteiger partial charge on any atom is 0.354 e. The van der Waals surface area contributed by atoms with Crippen LogP contribution in [0.1, 0.15) is 26.7 Å². The molecule has 0 bridgehead atoms. The van der Waals surface area contributed by atoms with E-state index in [0.717, 1.165) is 19.1 Å². The van der Waals surface area contributed by atoms with Gasteiger partial charge in [0.05, 0.1) is 31.7 Å². The van der Waals surface area contributed by atoms with Crippen LogP contribution in [0.15, 0.2) is 46.7 Å². The van der Waals surface area contributed by atoms with Gasteiger partial charge in [0, 0.05) is 25.2 Å². The average molecular weight is 478 g/mol. The molecule has 10 nitrogen and oxygen atoms in total. The highest BCUT2D eigenvalue weighted by atomic mass is 32.2. The number of benzene rings is 1. The first-order valence-corrected chi connectivity index (χ1v) is 12.3. The summed E-state index contributed by atoms with van der Waals surface area (Å²) in [5.74, 6) is 0.807. The van der Waals surface area contributed by atoms with Crippen molar-refractivity contribution in [2.45, 2.75) is 37.8 Å². The summed E-state index contributed by atoms with van der Waals surface area (Å²) >= 11 is 0. The zero-order chi connectivity index (χ0) is 23.8. The van der Waals surface area contributed by atoms with Gasteiger partial charge in [0.2, 0.25) is 0 Å². The van der Waals surface area contributed by atoms with Gasteiger partial charge in [-0.05, 0) is 38.1 Å².